The lowest BCUT2D eigenvalue weighted by Gasteiger charge is -2.21. The Morgan fingerprint density at radius 1 is 1.43 bits per heavy atom. The SMILES string of the molecule is CC(C)(C)OC(=O)c1cccc(N2CC(CBr)CC2=O)c1. The number of benzene rings is 1. The zero-order valence-corrected chi connectivity index (χ0v) is 14.1. The Labute approximate surface area is 133 Å². The van der Waals surface area contributed by atoms with Gasteiger partial charge in [0.05, 0.1) is 5.56 Å². The minimum absolute atomic E-state index is 0.0980. The molecule has 21 heavy (non-hydrogen) atoms. The fourth-order valence-electron chi connectivity index (χ4n) is 2.27. The predicted molar refractivity (Wildman–Crippen MR) is 85.9 cm³/mol. The fourth-order valence-corrected chi connectivity index (χ4v) is 2.71. The van der Waals surface area contributed by atoms with E-state index in [1.165, 1.54) is 0 Å². The second kappa shape index (κ2) is 6.18. The van der Waals surface area contributed by atoms with Crippen LogP contribution < -0.4 is 4.90 Å². The molecule has 114 valence electrons. The molecule has 0 saturated carbocycles. The molecule has 1 atom stereocenters. The number of halogens is 1. The summed E-state index contributed by atoms with van der Waals surface area (Å²) in [5, 5.41) is 0.807. The first-order valence-corrected chi connectivity index (χ1v) is 8.12. The van der Waals surface area contributed by atoms with Crippen molar-refractivity contribution in [3.63, 3.8) is 0 Å². The Morgan fingerprint density at radius 3 is 2.71 bits per heavy atom. The first-order valence-electron chi connectivity index (χ1n) is 7.00. The molecular formula is C16H20BrNO3. The second-order valence-corrected chi connectivity index (χ2v) is 6.93. The molecule has 0 aromatic heterocycles. The number of anilines is 1. The average Bonchev–Trinajstić information content (AvgIpc) is 2.78. The first kappa shape index (κ1) is 16.0. The minimum atomic E-state index is -0.530. The first-order chi connectivity index (χ1) is 9.80. The van der Waals surface area contributed by atoms with Gasteiger partial charge in [-0.25, -0.2) is 4.79 Å². The third-order valence-corrected chi connectivity index (χ3v) is 4.13. The molecule has 0 N–H and O–H groups in total. The van der Waals surface area contributed by atoms with Crippen molar-refractivity contribution in [3.05, 3.63) is 29.8 Å². The van der Waals surface area contributed by atoms with Crippen molar-refractivity contribution >= 4 is 33.5 Å². The van der Waals surface area contributed by atoms with Crippen molar-refractivity contribution in [2.45, 2.75) is 32.8 Å². The molecular weight excluding hydrogens is 334 g/mol. The molecule has 2 rings (SSSR count). The van der Waals surface area contributed by atoms with Gasteiger partial charge in [-0.05, 0) is 44.9 Å². The summed E-state index contributed by atoms with van der Waals surface area (Å²) in [5.41, 5.74) is 0.696. The molecule has 1 aromatic carbocycles. The number of carbonyl (C=O) groups is 2. The Balaban J connectivity index is 2.18. The van der Waals surface area contributed by atoms with Gasteiger partial charge in [-0.15, -0.1) is 0 Å². The van der Waals surface area contributed by atoms with Crippen LogP contribution in [-0.4, -0.2) is 29.4 Å². The van der Waals surface area contributed by atoms with E-state index in [1.807, 2.05) is 26.8 Å². The molecule has 1 unspecified atom stereocenters. The van der Waals surface area contributed by atoms with E-state index in [4.69, 9.17) is 4.74 Å². The monoisotopic (exact) mass is 353 g/mol. The maximum atomic E-state index is 12.1. The van der Waals surface area contributed by atoms with Crippen molar-refractivity contribution in [1.29, 1.82) is 0 Å². The van der Waals surface area contributed by atoms with E-state index in [1.54, 1.807) is 23.1 Å². The number of nitrogens with zero attached hydrogens (tertiary/aromatic N) is 1. The van der Waals surface area contributed by atoms with Crippen LogP contribution in [-0.2, 0) is 9.53 Å². The highest BCUT2D eigenvalue weighted by Crippen LogP contribution is 2.27. The van der Waals surface area contributed by atoms with Gasteiger partial charge < -0.3 is 9.64 Å². The van der Waals surface area contributed by atoms with Crippen LogP contribution in [0, 0.1) is 5.92 Å². The van der Waals surface area contributed by atoms with Crippen molar-refractivity contribution in [2.75, 3.05) is 16.8 Å². The molecule has 1 saturated heterocycles. The zero-order valence-electron chi connectivity index (χ0n) is 12.6. The largest absolute Gasteiger partial charge is 0.456 e. The average molecular weight is 354 g/mol. The summed E-state index contributed by atoms with van der Waals surface area (Å²) < 4.78 is 5.36. The van der Waals surface area contributed by atoms with Crippen molar-refractivity contribution in [2.24, 2.45) is 5.92 Å². The lowest BCUT2D eigenvalue weighted by molar-refractivity contribution is -0.117. The summed E-state index contributed by atoms with van der Waals surface area (Å²) in [6.07, 6.45) is 0.544. The molecule has 1 fully saturated rings. The summed E-state index contributed by atoms with van der Waals surface area (Å²) in [6, 6.07) is 7.06. The van der Waals surface area contributed by atoms with E-state index in [0.717, 1.165) is 11.0 Å². The van der Waals surface area contributed by atoms with E-state index < -0.39 is 5.60 Å². The standard InChI is InChI=1S/C16H20BrNO3/c1-16(2,3)21-15(20)12-5-4-6-13(8-12)18-10-11(9-17)7-14(18)19/h4-6,8,11H,7,9-10H2,1-3H3. The van der Waals surface area contributed by atoms with Gasteiger partial charge in [-0.3, -0.25) is 4.79 Å². The van der Waals surface area contributed by atoms with Crippen molar-refractivity contribution < 1.29 is 14.3 Å². The minimum Gasteiger partial charge on any atom is -0.456 e. The highest BCUT2D eigenvalue weighted by molar-refractivity contribution is 9.09. The van der Waals surface area contributed by atoms with Crippen LogP contribution in [0.4, 0.5) is 5.69 Å². The van der Waals surface area contributed by atoms with E-state index >= 15 is 0 Å². The maximum absolute atomic E-state index is 12.1. The van der Waals surface area contributed by atoms with E-state index in [-0.39, 0.29) is 11.9 Å². The number of esters is 1. The van der Waals surface area contributed by atoms with Gasteiger partial charge in [0.2, 0.25) is 5.91 Å². The smallest absolute Gasteiger partial charge is 0.338 e. The number of hydrogen-bond donors (Lipinski definition) is 0. The molecule has 1 aromatic rings. The third-order valence-electron chi connectivity index (χ3n) is 3.22. The molecule has 0 bridgehead atoms. The number of ether oxygens (including phenoxy) is 1. The number of amides is 1. The predicted octanol–water partition coefficient (Wildman–Crippen LogP) is 3.39. The molecule has 1 heterocycles. The van der Waals surface area contributed by atoms with Gasteiger partial charge in [0.15, 0.2) is 0 Å². The van der Waals surface area contributed by atoms with Crippen LogP contribution in [0.2, 0.25) is 0 Å². The van der Waals surface area contributed by atoms with Crippen molar-refractivity contribution in [1.82, 2.24) is 0 Å². The fraction of sp³-hybridized carbons (Fsp3) is 0.500. The van der Waals surface area contributed by atoms with E-state index in [9.17, 15) is 9.59 Å². The van der Waals surface area contributed by atoms with Crippen LogP contribution in [0.15, 0.2) is 24.3 Å². The lowest BCUT2D eigenvalue weighted by atomic mass is 10.1. The number of carbonyl (C=O) groups excluding carboxylic acids is 2. The summed E-state index contributed by atoms with van der Waals surface area (Å²) >= 11 is 3.42. The molecule has 0 radical (unpaired) electrons. The Kier molecular flexibility index (Phi) is 4.71. The third kappa shape index (κ3) is 4.06. The van der Waals surface area contributed by atoms with Gasteiger partial charge >= 0.3 is 5.97 Å². The summed E-state index contributed by atoms with van der Waals surface area (Å²) in [5.74, 6) is 0.0523. The van der Waals surface area contributed by atoms with E-state index in [2.05, 4.69) is 15.9 Å². The maximum Gasteiger partial charge on any atom is 0.338 e. The number of alkyl halides is 1. The van der Waals surface area contributed by atoms with Crippen LogP contribution in [0.1, 0.15) is 37.6 Å². The molecule has 4 nitrogen and oxygen atoms in total. The Morgan fingerprint density at radius 2 is 2.14 bits per heavy atom. The quantitative estimate of drug-likeness (QED) is 0.618. The zero-order chi connectivity index (χ0) is 15.6. The molecule has 5 heteroatoms. The Hall–Kier alpha value is -1.36. The van der Waals surface area contributed by atoms with Gasteiger partial charge in [0, 0.05) is 24.0 Å². The molecule has 0 spiro atoms. The van der Waals surface area contributed by atoms with Crippen LogP contribution in [0.5, 0.6) is 0 Å². The molecule has 1 amide bonds. The van der Waals surface area contributed by atoms with Crippen molar-refractivity contribution in [3.8, 4) is 0 Å². The van der Waals surface area contributed by atoms with Crippen LogP contribution in [0.25, 0.3) is 0 Å². The highest BCUT2D eigenvalue weighted by atomic mass is 79.9. The second-order valence-electron chi connectivity index (χ2n) is 6.28. The molecule has 1 aliphatic rings. The molecule has 1 aliphatic heterocycles. The highest BCUT2D eigenvalue weighted by Gasteiger charge is 2.30. The number of rotatable bonds is 3. The van der Waals surface area contributed by atoms with Crippen LogP contribution in [0.3, 0.4) is 0 Å². The van der Waals surface area contributed by atoms with Gasteiger partial charge in [0.1, 0.15) is 5.60 Å². The number of hydrogen-bond acceptors (Lipinski definition) is 3. The van der Waals surface area contributed by atoms with Crippen LogP contribution >= 0.6 is 15.9 Å². The van der Waals surface area contributed by atoms with E-state index in [0.29, 0.717) is 24.4 Å². The van der Waals surface area contributed by atoms with Gasteiger partial charge in [0.25, 0.3) is 0 Å². The Bertz CT molecular complexity index is 551. The normalized spacial score (nSPS) is 19.0. The summed E-state index contributed by atoms with van der Waals surface area (Å²) in [6.45, 7) is 6.18. The summed E-state index contributed by atoms with van der Waals surface area (Å²) in [4.78, 5) is 25.9. The topological polar surface area (TPSA) is 46.6 Å². The summed E-state index contributed by atoms with van der Waals surface area (Å²) in [7, 11) is 0. The van der Waals surface area contributed by atoms with Gasteiger partial charge in [-0.1, -0.05) is 22.0 Å². The lowest BCUT2D eigenvalue weighted by Crippen LogP contribution is -2.26. The molecule has 0 aliphatic carbocycles. The van der Waals surface area contributed by atoms with Gasteiger partial charge in [-0.2, -0.15) is 0 Å².